The van der Waals surface area contributed by atoms with E-state index in [1.165, 1.54) is 6.08 Å². The largest absolute Gasteiger partial charge is 0.481 e. The van der Waals surface area contributed by atoms with Crippen LogP contribution in [0.4, 0.5) is 0 Å². The first-order chi connectivity index (χ1) is 11.1. The van der Waals surface area contributed by atoms with Gasteiger partial charge in [-0.15, -0.1) is 0 Å². The van der Waals surface area contributed by atoms with E-state index in [-0.39, 0.29) is 35.2 Å². The molecule has 0 saturated heterocycles. The maximum atomic E-state index is 12.0. The number of allylic oxidation sites excluding steroid dienone is 1. The van der Waals surface area contributed by atoms with Crippen molar-refractivity contribution in [3.05, 3.63) is 23.8 Å². The average Bonchev–Trinajstić information content (AvgIpc) is 2.48. The molecule has 2 aliphatic carbocycles. The smallest absolute Gasteiger partial charge is 0.331 e. The third kappa shape index (κ3) is 3.90. The van der Waals surface area contributed by atoms with Gasteiger partial charge in [-0.3, -0.25) is 4.79 Å². The molecule has 0 unspecified atom stereocenters. The Bertz CT molecular complexity index is 558. The Kier molecular flexibility index (Phi) is 5.56. The minimum absolute atomic E-state index is 0.158. The summed E-state index contributed by atoms with van der Waals surface area (Å²) in [4.78, 5) is 23.3. The molecule has 0 spiro atoms. The number of carbonyl (C=O) groups is 2. The van der Waals surface area contributed by atoms with Gasteiger partial charge in [-0.25, -0.2) is 4.79 Å². The zero-order chi connectivity index (χ0) is 18.1. The van der Waals surface area contributed by atoms with Crippen LogP contribution in [0.3, 0.4) is 0 Å². The van der Waals surface area contributed by atoms with Crippen LogP contribution in [0.1, 0.15) is 59.8 Å². The lowest BCUT2D eigenvalue weighted by atomic mass is 9.55. The molecule has 2 aliphatic rings. The van der Waals surface area contributed by atoms with E-state index in [0.29, 0.717) is 0 Å². The first-order valence-electron chi connectivity index (χ1n) is 8.91. The molecule has 1 N–H and O–H groups in total. The fourth-order valence-corrected chi connectivity index (χ4v) is 4.36. The van der Waals surface area contributed by atoms with Crippen molar-refractivity contribution in [1.29, 1.82) is 0 Å². The highest BCUT2D eigenvalue weighted by atomic mass is 16.5. The topological polar surface area (TPSA) is 63.6 Å². The van der Waals surface area contributed by atoms with Gasteiger partial charge in [0.05, 0.1) is 5.92 Å². The molecule has 0 bridgehead atoms. The van der Waals surface area contributed by atoms with Gasteiger partial charge in [-0.2, -0.15) is 0 Å². The summed E-state index contributed by atoms with van der Waals surface area (Å²) >= 11 is 0. The predicted molar refractivity (Wildman–Crippen MR) is 93.4 cm³/mol. The minimum Gasteiger partial charge on any atom is -0.481 e. The molecule has 0 aliphatic heterocycles. The van der Waals surface area contributed by atoms with Gasteiger partial charge in [-0.05, 0) is 68.8 Å². The zero-order valence-electron chi connectivity index (χ0n) is 15.3. The molecule has 2 rings (SSSR count). The predicted octanol–water partition coefficient (Wildman–Crippen LogP) is 4.36. The maximum absolute atomic E-state index is 12.0. The summed E-state index contributed by atoms with van der Waals surface area (Å²) in [6.45, 7) is 12.1. The number of carbonyl (C=O) groups excluding carboxylic acids is 1. The highest BCUT2D eigenvalue weighted by Crippen LogP contribution is 2.55. The van der Waals surface area contributed by atoms with Crippen LogP contribution in [0.25, 0.3) is 0 Å². The highest BCUT2D eigenvalue weighted by Gasteiger charge is 2.48. The van der Waals surface area contributed by atoms with Crippen molar-refractivity contribution < 1.29 is 19.4 Å². The number of carboxylic acids is 1. The van der Waals surface area contributed by atoms with Crippen LogP contribution in [0.2, 0.25) is 0 Å². The van der Waals surface area contributed by atoms with E-state index in [9.17, 15) is 14.7 Å². The summed E-state index contributed by atoms with van der Waals surface area (Å²) in [5, 5.41) is 9.32. The minimum atomic E-state index is -0.725. The Morgan fingerprint density at radius 3 is 2.54 bits per heavy atom. The van der Waals surface area contributed by atoms with Gasteiger partial charge in [0.2, 0.25) is 0 Å². The molecule has 2 fully saturated rings. The van der Waals surface area contributed by atoms with Gasteiger partial charge in [0.15, 0.2) is 0 Å². The summed E-state index contributed by atoms with van der Waals surface area (Å²) in [7, 11) is 0. The monoisotopic (exact) mass is 334 g/mol. The lowest BCUT2D eigenvalue weighted by Crippen LogP contribution is -2.45. The second-order valence-corrected chi connectivity index (χ2v) is 8.13. The van der Waals surface area contributed by atoms with Gasteiger partial charge in [0, 0.05) is 6.08 Å². The summed E-state index contributed by atoms with van der Waals surface area (Å²) in [6, 6.07) is 0. The molecule has 0 aromatic carbocycles. The molecular weight excluding hydrogens is 304 g/mol. The van der Waals surface area contributed by atoms with E-state index >= 15 is 0 Å². The molecule has 0 amide bonds. The third-order valence-corrected chi connectivity index (χ3v) is 6.07. The molecule has 134 valence electrons. The Hall–Kier alpha value is -1.58. The Labute approximate surface area is 145 Å². The van der Waals surface area contributed by atoms with Crippen LogP contribution in [-0.4, -0.2) is 23.1 Å². The normalized spacial score (nSPS) is 34.0. The second-order valence-electron chi connectivity index (χ2n) is 8.13. The first-order valence-corrected chi connectivity index (χ1v) is 8.91. The van der Waals surface area contributed by atoms with Crippen LogP contribution < -0.4 is 0 Å². The number of fused-ring (bicyclic) bond motifs is 1. The summed E-state index contributed by atoms with van der Waals surface area (Å²) < 4.78 is 5.62. The van der Waals surface area contributed by atoms with E-state index in [2.05, 4.69) is 13.5 Å². The van der Waals surface area contributed by atoms with Crippen molar-refractivity contribution in [1.82, 2.24) is 0 Å². The van der Waals surface area contributed by atoms with Crippen LogP contribution >= 0.6 is 0 Å². The van der Waals surface area contributed by atoms with Crippen molar-refractivity contribution in [2.24, 2.45) is 23.2 Å². The molecule has 24 heavy (non-hydrogen) atoms. The van der Waals surface area contributed by atoms with Crippen LogP contribution in [0.5, 0.6) is 0 Å². The number of rotatable bonds is 4. The Morgan fingerprint density at radius 2 is 1.96 bits per heavy atom. The Morgan fingerprint density at radius 1 is 1.33 bits per heavy atom. The summed E-state index contributed by atoms with van der Waals surface area (Å²) in [5.41, 5.74) is 2.05. The van der Waals surface area contributed by atoms with Crippen molar-refractivity contribution in [3.63, 3.8) is 0 Å². The van der Waals surface area contributed by atoms with Crippen molar-refractivity contribution >= 4 is 11.9 Å². The van der Waals surface area contributed by atoms with E-state index in [0.717, 1.165) is 43.3 Å². The Balaban J connectivity index is 2.11. The fraction of sp³-hybridized carbons (Fsp3) is 0.700. The molecule has 0 aromatic heterocycles. The average molecular weight is 334 g/mol. The highest BCUT2D eigenvalue weighted by molar-refractivity contribution is 5.83. The van der Waals surface area contributed by atoms with Gasteiger partial charge in [0.25, 0.3) is 0 Å². The number of esters is 1. The van der Waals surface area contributed by atoms with Gasteiger partial charge in [0.1, 0.15) is 6.10 Å². The van der Waals surface area contributed by atoms with E-state index < -0.39 is 5.97 Å². The number of hydrogen-bond donors (Lipinski definition) is 1. The third-order valence-electron chi connectivity index (χ3n) is 6.07. The van der Waals surface area contributed by atoms with Crippen LogP contribution in [-0.2, 0) is 14.3 Å². The van der Waals surface area contributed by atoms with Gasteiger partial charge < -0.3 is 9.84 Å². The van der Waals surface area contributed by atoms with Crippen LogP contribution in [0, 0.1) is 23.2 Å². The van der Waals surface area contributed by atoms with E-state index in [4.69, 9.17) is 4.74 Å². The van der Waals surface area contributed by atoms with Crippen molar-refractivity contribution in [2.45, 2.75) is 65.9 Å². The standard InChI is InChI=1S/C20H30O4/c1-12(2)10-18(21)24-17-7-9-20(5)8-6-15(13(3)19(22)23)11-16(20)14(17)4/h10,13,15-17H,4,6-9,11H2,1-3,5H3,(H,22,23)/t13-,15+,16+,17-,20+/m0/s1. The molecular formula is C20H30O4. The van der Waals surface area contributed by atoms with Crippen molar-refractivity contribution in [2.75, 3.05) is 0 Å². The molecule has 4 nitrogen and oxygen atoms in total. The molecule has 5 atom stereocenters. The molecule has 0 radical (unpaired) electrons. The summed E-state index contributed by atoms with van der Waals surface area (Å²) in [5.74, 6) is -0.968. The fourth-order valence-electron chi connectivity index (χ4n) is 4.36. The van der Waals surface area contributed by atoms with E-state index in [1.54, 1.807) is 6.92 Å². The van der Waals surface area contributed by atoms with E-state index in [1.807, 2.05) is 13.8 Å². The number of carboxylic acid groups (broad SMARTS) is 1. The summed E-state index contributed by atoms with van der Waals surface area (Å²) in [6.07, 6.45) is 5.88. The molecule has 2 saturated carbocycles. The SMILES string of the molecule is C=C1[C@@H](OC(=O)C=C(C)C)CC[C@@]2(C)CC[C@@H]([C@H](C)C(=O)O)C[C@H]12. The van der Waals surface area contributed by atoms with Crippen molar-refractivity contribution in [3.8, 4) is 0 Å². The number of aliphatic carboxylic acids is 1. The first kappa shape index (κ1) is 18.8. The molecule has 4 heteroatoms. The zero-order valence-corrected chi connectivity index (χ0v) is 15.3. The van der Waals surface area contributed by atoms with Gasteiger partial charge in [-0.1, -0.05) is 26.0 Å². The van der Waals surface area contributed by atoms with Gasteiger partial charge >= 0.3 is 11.9 Å². The molecule has 0 heterocycles. The lowest BCUT2D eigenvalue weighted by Gasteiger charge is -2.51. The van der Waals surface area contributed by atoms with Crippen LogP contribution in [0.15, 0.2) is 23.8 Å². The molecule has 0 aromatic rings. The maximum Gasteiger partial charge on any atom is 0.331 e. The lowest BCUT2D eigenvalue weighted by molar-refractivity contribution is -0.145. The quantitative estimate of drug-likeness (QED) is 0.471. The second kappa shape index (κ2) is 7.12. The number of ether oxygens (including phenoxy) is 1. The number of hydrogen-bond acceptors (Lipinski definition) is 3.